The number of nitrogens with zero attached hydrogens (tertiary/aromatic N) is 1. The molecule has 1 N–H and O–H groups in total. The van der Waals surface area contributed by atoms with Crippen LogP contribution in [0.2, 0.25) is 0 Å². The van der Waals surface area contributed by atoms with Crippen molar-refractivity contribution in [2.45, 2.75) is 50.8 Å². The Morgan fingerprint density at radius 2 is 2.08 bits per heavy atom. The first-order valence-corrected chi connectivity index (χ1v) is 10.7. The summed E-state index contributed by atoms with van der Waals surface area (Å²) in [6.07, 6.45) is 4.42. The standard InChI is InChI=1S/C18H27FN2O3S/c1-14-15(4-3-5-17(14)19)13-21-9-7-18(8-10-21)12-16(6-11-24-18)20-25(2,22)23/h3-5,16,20H,6-13H2,1-2H3. The van der Waals surface area contributed by atoms with Gasteiger partial charge in [-0.3, -0.25) is 4.90 Å². The van der Waals surface area contributed by atoms with E-state index in [0.29, 0.717) is 12.2 Å². The van der Waals surface area contributed by atoms with Crippen molar-refractivity contribution in [1.29, 1.82) is 0 Å². The Morgan fingerprint density at radius 1 is 1.36 bits per heavy atom. The summed E-state index contributed by atoms with van der Waals surface area (Å²) in [6, 6.07) is 5.19. The highest BCUT2D eigenvalue weighted by Crippen LogP contribution is 2.35. The van der Waals surface area contributed by atoms with Crippen LogP contribution in [0.1, 0.15) is 36.8 Å². The SMILES string of the molecule is Cc1c(F)cccc1CN1CCC2(CC1)CC(NS(C)(=O)=O)CCO2. The maximum atomic E-state index is 13.7. The predicted octanol–water partition coefficient (Wildman–Crippen LogP) is 2.20. The zero-order valence-electron chi connectivity index (χ0n) is 14.9. The Hall–Kier alpha value is -1.02. The quantitative estimate of drug-likeness (QED) is 0.883. The molecule has 5 nitrogen and oxygen atoms in total. The minimum atomic E-state index is -3.19. The molecule has 2 aliphatic heterocycles. The molecule has 0 radical (unpaired) electrons. The largest absolute Gasteiger partial charge is 0.375 e. The zero-order chi connectivity index (χ0) is 18.1. The number of benzene rings is 1. The Labute approximate surface area is 149 Å². The monoisotopic (exact) mass is 370 g/mol. The highest BCUT2D eigenvalue weighted by molar-refractivity contribution is 7.88. The molecule has 0 amide bonds. The topological polar surface area (TPSA) is 58.6 Å². The van der Waals surface area contributed by atoms with Crippen molar-refractivity contribution in [1.82, 2.24) is 9.62 Å². The van der Waals surface area contributed by atoms with E-state index in [0.717, 1.165) is 50.9 Å². The molecule has 1 unspecified atom stereocenters. The van der Waals surface area contributed by atoms with Crippen molar-refractivity contribution >= 4 is 10.0 Å². The lowest BCUT2D eigenvalue weighted by atomic mass is 9.82. The molecule has 2 aliphatic rings. The van der Waals surface area contributed by atoms with Crippen molar-refractivity contribution in [2.24, 2.45) is 0 Å². The van der Waals surface area contributed by atoms with Crippen molar-refractivity contribution in [3.05, 3.63) is 35.1 Å². The summed E-state index contributed by atoms with van der Waals surface area (Å²) in [6.45, 7) is 4.91. The molecule has 2 saturated heterocycles. The van der Waals surface area contributed by atoms with Crippen LogP contribution < -0.4 is 4.72 Å². The first-order valence-electron chi connectivity index (χ1n) is 8.84. The number of likely N-dealkylation sites (tertiary alicyclic amines) is 1. The molecule has 7 heteroatoms. The van der Waals surface area contributed by atoms with Gasteiger partial charge in [-0.25, -0.2) is 17.5 Å². The molecule has 140 valence electrons. The van der Waals surface area contributed by atoms with Crippen LogP contribution in [0.5, 0.6) is 0 Å². The summed E-state index contributed by atoms with van der Waals surface area (Å²) >= 11 is 0. The van der Waals surface area contributed by atoms with Crippen molar-refractivity contribution in [3.8, 4) is 0 Å². The van der Waals surface area contributed by atoms with Gasteiger partial charge in [-0.1, -0.05) is 12.1 Å². The predicted molar refractivity (Wildman–Crippen MR) is 95.3 cm³/mol. The molecule has 1 spiro atoms. The molecule has 2 fully saturated rings. The number of nitrogens with one attached hydrogen (secondary N) is 1. The normalized spacial score (nSPS) is 24.5. The van der Waals surface area contributed by atoms with E-state index in [2.05, 4.69) is 9.62 Å². The molecule has 0 aromatic heterocycles. The maximum absolute atomic E-state index is 13.7. The van der Waals surface area contributed by atoms with Crippen LogP contribution in [-0.4, -0.2) is 50.9 Å². The highest BCUT2D eigenvalue weighted by Gasteiger charge is 2.40. The molecule has 2 heterocycles. The number of ether oxygens (including phenoxy) is 1. The zero-order valence-corrected chi connectivity index (χ0v) is 15.7. The fourth-order valence-electron chi connectivity index (χ4n) is 3.96. The van der Waals surface area contributed by atoms with E-state index in [4.69, 9.17) is 4.74 Å². The number of rotatable bonds is 4. The average molecular weight is 370 g/mol. The summed E-state index contributed by atoms with van der Waals surface area (Å²) in [7, 11) is -3.19. The molecule has 0 saturated carbocycles. The van der Waals surface area contributed by atoms with Gasteiger partial charge in [-0.05, 0) is 49.8 Å². The molecule has 0 aliphatic carbocycles. The molecule has 3 rings (SSSR count). The van der Waals surface area contributed by atoms with E-state index < -0.39 is 10.0 Å². The molecular weight excluding hydrogens is 343 g/mol. The van der Waals surface area contributed by atoms with Gasteiger partial charge in [0.2, 0.25) is 10.0 Å². The van der Waals surface area contributed by atoms with Crippen LogP contribution >= 0.6 is 0 Å². The lowest BCUT2D eigenvalue weighted by Crippen LogP contribution is -2.53. The molecular formula is C18H27FN2O3S. The van der Waals surface area contributed by atoms with Gasteiger partial charge < -0.3 is 4.74 Å². The number of hydrogen-bond donors (Lipinski definition) is 1. The maximum Gasteiger partial charge on any atom is 0.208 e. The fourth-order valence-corrected chi connectivity index (χ4v) is 4.77. The van der Waals surface area contributed by atoms with Crippen LogP contribution in [0, 0.1) is 12.7 Å². The molecule has 1 atom stereocenters. The summed E-state index contributed by atoms with van der Waals surface area (Å²) in [5.74, 6) is -0.156. The third-order valence-corrected chi connectivity index (χ3v) is 6.18. The van der Waals surface area contributed by atoms with E-state index in [1.807, 2.05) is 13.0 Å². The van der Waals surface area contributed by atoms with Gasteiger partial charge in [-0.15, -0.1) is 0 Å². The second-order valence-corrected chi connectivity index (χ2v) is 9.19. The average Bonchev–Trinajstić information content (AvgIpc) is 2.53. The third-order valence-electron chi connectivity index (χ3n) is 5.41. The minimum Gasteiger partial charge on any atom is -0.375 e. The molecule has 25 heavy (non-hydrogen) atoms. The summed E-state index contributed by atoms with van der Waals surface area (Å²) in [4.78, 5) is 2.32. The van der Waals surface area contributed by atoms with Crippen LogP contribution in [-0.2, 0) is 21.3 Å². The molecule has 0 bridgehead atoms. The van der Waals surface area contributed by atoms with Gasteiger partial charge >= 0.3 is 0 Å². The van der Waals surface area contributed by atoms with Crippen molar-refractivity contribution in [3.63, 3.8) is 0 Å². The van der Waals surface area contributed by atoms with Gasteiger partial charge in [0.25, 0.3) is 0 Å². The fraction of sp³-hybridized carbons (Fsp3) is 0.667. The van der Waals surface area contributed by atoms with Gasteiger partial charge in [0, 0.05) is 32.3 Å². The van der Waals surface area contributed by atoms with Gasteiger partial charge in [-0.2, -0.15) is 0 Å². The smallest absolute Gasteiger partial charge is 0.208 e. The second kappa shape index (κ2) is 7.31. The van der Waals surface area contributed by atoms with E-state index in [9.17, 15) is 12.8 Å². The molecule has 1 aromatic rings. The van der Waals surface area contributed by atoms with Crippen LogP contribution in [0.25, 0.3) is 0 Å². The van der Waals surface area contributed by atoms with Gasteiger partial charge in [0.15, 0.2) is 0 Å². The molecule has 1 aromatic carbocycles. The van der Waals surface area contributed by atoms with Gasteiger partial charge in [0.05, 0.1) is 11.9 Å². The number of hydrogen-bond acceptors (Lipinski definition) is 4. The van der Waals surface area contributed by atoms with Crippen molar-refractivity contribution < 1.29 is 17.5 Å². The summed E-state index contributed by atoms with van der Waals surface area (Å²) < 4.78 is 45.5. The summed E-state index contributed by atoms with van der Waals surface area (Å²) in [5.41, 5.74) is 1.51. The van der Waals surface area contributed by atoms with Gasteiger partial charge in [0.1, 0.15) is 5.82 Å². The van der Waals surface area contributed by atoms with Crippen molar-refractivity contribution in [2.75, 3.05) is 26.0 Å². The lowest BCUT2D eigenvalue weighted by molar-refractivity contribution is -0.118. The first-order chi connectivity index (χ1) is 11.8. The van der Waals surface area contributed by atoms with Crippen LogP contribution in [0.4, 0.5) is 4.39 Å². The van der Waals surface area contributed by atoms with E-state index in [1.165, 1.54) is 12.3 Å². The Kier molecular flexibility index (Phi) is 5.48. The summed E-state index contributed by atoms with van der Waals surface area (Å²) in [5, 5.41) is 0. The van der Waals surface area contributed by atoms with E-state index in [1.54, 1.807) is 6.07 Å². The Morgan fingerprint density at radius 3 is 2.76 bits per heavy atom. The Bertz CT molecular complexity index is 715. The minimum absolute atomic E-state index is 0.0410. The van der Waals surface area contributed by atoms with Crippen LogP contribution in [0.15, 0.2) is 18.2 Å². The number of piperidine rings is 1. The lowest BCUT2D eigenvalue weighted by Gasteiger charge is -2.46. The van der Waals surface area contributed by atoms with E-state index in [-0.39, 0.29) is 17.5 Å². The number of sulfonamides is 1. The first kappa shape index (κ1) is 18.8. The van der Waals surface area contributed by atoms with Crippen LogP contribution in [0.3, 0.4) is 0 Å². The third kappa shape index (κ3) is 4.78. The highest BCUT2D eigenvalue weighted by atomic mass is 32.2. The Balaban J connectivity index is 1.58. The van der Waals surface area contributed by atoms with E-state index >= 15 is 0 Å². The second-order valence-electron chi connectivity index (χ2n) is 7.41. The number of halogens is 1.